The molecule has 7 heteroatoms. The molecule has 2 saturated heterocycles. The lowest BCUT2D eigenvalue weighted by molar-refractivity contribution is -0.131. The zero-order valence-corrected chi connectivity index (χ0v) is 22.4. The fraction of sp³-hybridized carbons (Fsp3) is 0.680. The minimum absolute atomic E-state index is 0. The van der Waals surface area contributed by atoms with Crippen LogP contribution in [0.5, 0.6) is 0 Å². The Bertz CT molecular complexity index is 696. The van der Waals surface area contributed by atoms with Crippen LogP contribution in [0.2, 0.25) is 0 Å². The van der Waals surface area contributed by atoms with Crippen molar-refractivity contribution >= 4 is 35.8 Å². The van der Waals surface area contributed by atoms with Gasteiger partial charge in [0.05, 0.1) is 6.54 Å². The molecular weight excluding hydrogens is 513 g/mol. The third kappa shape index (κ3) is 8.89. The first-order valence-electron chi connectivity index (χ1n) is 12.0. The Morgan fingerprint density at radius 1 is 1.06 bits per heavy atom. The number of carbonyl (C=O) groups is 1. The van der Waals surface area contributed by atoms with Crippen molar-refractivity contribution in [2.75, 3.05) is 46.3 Å². The van der Waals surface area contributed by atoms with E-state index >= 15 is 0 Å². The summed E-state index contributed by atoms with van der Waals surface area (Å²) < 4.78 is 0. The Morgan fingerprint density at radius 2 is 1.72 bits per heavy atom. The number of carbonyl (C=O) groups excluding carboxylic acids is 1. The first-order chi connectivity index (χ1) is 15.0. The third-order valence-electron chi connectivity index (χ3n) is 6.52. The number of rotatable bonds is 7. The van der Waals surface area contributed by atoms with Crippen LogP contribution in [0.3, 0.4) is 0 Å². The van der Waals surface area contributed by atoms with Crippen LogP contribution in [0, 0.1) is 11.8 Å². The number of nitrogens with zero attached hydrogens (tertiary/aromatic N) is 3. The van der Waals surface area contributed by atoms with E-state index in [-0.39, 0.29) is 29.9 Å². The Kier molecular flexibility index (Phi) is 11.8. The topological polar surface area (TPSA) is 60.0 Å². The van der Waals surface area contributed by atoms with E-state index in [2.05, 4.69) is 64.7 Å². The lowest BCUT2D eigenvalue weighted by Crippen LogP contribution is -2.51. The van der Waals surface area contributed by atoms with Crippen LogP contribution < -0.4 is 10.6 Å². The lowest BCUT2D eigenvalue weighted by atomic mass is 9.90. The highest BCUT2D eigenvalue weighted by Gasteiger charge is 2.24. The van der Waals surface area contributed by atoms with Crippen LogP contribution >= 0.6 is 24.0 Å². The average Bonchev–Trinajstić information content (AvgIpc) is 2.78. The number of piperidine rings is 2. The molecule has 1 aromatic carbocycles. The van der Waals surface area contributed by atoms with E-state index in [1.165, 1.54) is 12.1 Å². The molecule has 0 radical (unpaired) electrons. The number of hydrogen-bond acceptors (Lipinski definition) is 3. The average molecular weight is 556 g/mol. The summed E-state index contributed by atoms with van der Waals surface area (Å²) in [7, 11) is 1.78. The molecule has 0 saturated carbocycles. The van der Waals surface area contributed by atoms with Crippen LogP contribution in [0.4, 0.5) is 0 Å². The van der Waals surface area contributed by atoms with E-state index in [1.54, 1.807) is 7.05 Å². The molecule has 2 aliphatic rings. The van der Waals surface area contributed by atoms with E-state index in [4.69, 9.17) is 0 Å². The molecule has 2 fully saturated rings. The maximum atomic E-state index is 12.7. The number of halogens is 1. The molecule has 0 aliphatic carbocycles. The van der Waals surface area contributed by atoms with Crippen LogP contribution in [0.25, 0.3) is 0 Å². The van der Waals surface area contributed by atoms with Gasteiger partial charge in [0.15, 0.2) is 5.96 Å². The molecule has 0 unspecified atom stereocenters. The molecule has 6 nitrogen and oxygen atoms in total. The van der Waals surface area contributed by atoms with Crippen LogP contribution in [-0.2, 0) is 11.2 Å². The molecule has 0 atom stereocenters. The van der Waals surface area contributed by atoms with Gasteiger partial charge in [-0.3, -0.25) is 9.79 Å². The summed E-state index contributed by atoms with van der Waals surface area (Å²) in [6.45, 7) is 10.0. The number of aliphatic imine (C=N–C) groups is 1. The molecule has 1 aromatic rings. The summed E-state index contributed by atoms with van der Waals surface area (Å²) >= 11 is 0. The summed E-state index contributed by atoms with van der Waals surface area (Å²) in [5.41, 5.74) is 1.40. The maximum absolute atomic E-state index is 12.7. The number of guanidine groups is 1. The summed E-state index contributed by atoms with van der Waals surface area (Å²) in [4.78, 5) is 21.6. The van der Waals surface area contributed by atoms with Gasteiger partial charge < -0.3 is 20.4 Å². The quantitative estimate of drug-likeness (QED) is 0.308. The van der Waals surface area contributed by atoms with E-state index < -0.39 is 0 Å². The Hall–Kier alpha value is -1.35. The van der Waals surface area contributed by atoms with Crippen molar-refractivity contribution < 1.29 is 4.79 Å². The van der Waals surface area contributed by atoms with Gasteiger partial charge in [-0.2, -0.15) is 0 Å². The molecule has 2 aliphatic heterocycles. The van der Waals surface area contributed by atoms with Crippen molar-refractivity contribution in [1.29, 1.82) is 0 Å². The largest absolute Gasteiger partial charge is 0.354 e. The van der Waals surface area contributed by atoms with Gasteiger partial charge in [-0.05, 0) is 49.5 Å². The van der Waals surface area contributed by atoms with E-state index in [1.807, 2.05) is 4.90 Å². The van der Waals surface area contributed by atoms with Gasteiger partial charge in [0, 0.05) is 45.8 Å². The molecule has 3 rings (SSSR count). The Morgan fingerprint density at radius 3 is 2.31 bits per heavy atom. The number of likely N-dealkylation sites (tertiary alicyclic amines) is 2. The second-order valence-corrected chi connectivity index (χ2v) is 9.55. The van der Waals surface area contributed by atoms with Crippen molar-refractivity contribution in [3.8, 4) is 0 Å². The van der Waals surface area contributed by atoms with Gasteiger partial charge in [-0.25, -0.2) is 0 Å². The number of amides is 1. The van der Waals surface area contributed by atoms with Gasteiger partial charge >= 0.3 is 0 Å². The minimum atomic E-state index is 0. The molecular formula is C25H42IN5O. The SMILES string of the molecule is CN=C(NCC(=O)N1CCC(Cc2ccccc2)CC1)NC1CCN(CC(C)C)CC1.I. The summed E-state index contributed by atoms with van der Waals surface area (Å²) in [6, 6.07) is 11.1. The molecule has 2 heterocycles. The highest BCUT2D eigenvalue weighted by atomic mass is 127. The van der Waals surface area contributed by atoms with Crippen LogP contribution in [0.15, 0.2) is 35.3 Å². The monoisotopic (exact) mass is 555 g/mol. The van der Waals surface area contributed by atoms with Crippen LogP contribution in [0.1, 0.15) is 45.1 Å². The smallest absolute Gasteiger partial charge is 0.241 e. The molecule has 0 bridgehead atoms. The van der Waals surface area contributed by atoms with E-state index in [9.17, 15) is 4.79 Å². The van der Waals surface area contributed by atoms with Crippen LogP contribution in [-0.4, -0.2) is 74.0 Å². The number of nitrogens with one attached hydrogen (secondary N) is 2. The molecule has 2 N–H and O–H groups in total. The second kappa shape index (κ2) is 14.0. The zero-order valence-electron chi connectivity index (χ0n) is 20.1. The number of benzene rings is 1. The number of hydrogen-bond donors (Lipinski definition) is 2. The normalized spacial score (nSPS) is 19.0. The zero-order chi connectivity index (χ0) is 22.1. The van der Waals surface area contributed by atoms with Gasteiger partial charge in [0.2, 0.25) is 5.91 Å². The molecule has 32 heavy (non-hydrogen) atoms. The van der Waals surface area contributed by atoms with Crippen molar-refractivity contribution in [2.24, 2.45) is 16.8 Å². The van der Waals surface area contributed by atoms with Gasteiger partial charge in [0.1, 0.15) is 0 Å². The van der Waals surface area contributed by atoms with Gasteiger partial charge in [-0.1, -0.05) is 44.2 Å². The predicted octanol–water partition coefficient (Wildman–Crippen LogP) is 3.37. The first kappa shape index (κ1) is 26.9. The molecule has 1 amide bonds. The molecule has 0 spiro atoms. The van der Waals surface area contributed by atoms with Gasteiger partial charge in [0.25, 0.3) is 0 Å². The first-order valence-corrected chi connectivity index (χ1v) is 12.0. The molecule has 180 valence electrons. The fourth-order valence-corrected chi connectivity index (χ4v) is 4.77. The van der Waals surface area contributed by atoms with Crippen molar-refractivity contribution in [3.63, 3.8) is 0 Å². The highest BCUT2D eigenvalue weighted by molar-refractivity contribution is 14.0. The standard InChI is InChI=1S/C25H41N5O.HI/c1-20(2)19-29-13-11-23(12-14-29)28-25(26-3)27-18-24(31)30-15-9-22(10-16-30)17-21-7-5-4-6-8-21;/h4-8,20,22-23H,9-19H2,1-3H3,(H2,26,27,28);1H. The highest BCUT2D eigenvalue weighted by Crippen LogP contribution is 2.21. The van der Waals surface area contributed by atoms with Crippen molar-refractivity contribution in [2.45, 2.75) is 52.0 Å². The lowest BCUT2D eigenvalue weighted by Gasteiger charge is -2.34. The Balaban J connectivity index is 0.00000363. The van der Waals surface area contributed by atoms with Gasteiger partial charge in [-0.15, -0.1) is 24.0 Å². The summed E-state index contributed by atoms with van der Waals surface area (Å²) in [5.74, 6) is 2.31. The summed E-state index contributed by atoms with van der Waals surface area (Å²) in [6.07, 6.45) is 5.53. The minimum Gasteiger partial charge on any atom is -0.354 e. The van der Waals surface area contributed by atoms with E-state index in [0.717, 1.165) is 64.2 Å². The molecule has 0 aromatic heterocycles. The fourth-order valence-electron chi connectivity index (χ4n) is 4.77. The van der Waals surface area contributed by atoms with E-state index in [0.29, 0.717) is 24.4 Å². The third-order valence-corrected chi connectivity index (χ3v) is 6.52. The predicted molar refractivity (Wildman–Crippen MR) is 144 cm³/mol. The van der Waals surface area contributed by atoms with Crippen molar-refractivity contribution in [3.05, 3.63) is 35.9 Å². The summed E-state index contributed by atoms with van der Waals surface area (Å²) in [5, 5.41) is 6.76. The Labute approximate surface area is 211 Å². The second-order valence-electron chi connectivity index (χ2n) is 9.55. The van der Waals surface area contributed by atoms with Crippen molar-refractivity contribution in [1.82, 2.24) is 20.4 Å². The maximum Gasteiger partial charge on any atom is 0.241 e.